The summed E-state index contributed by atoms with van der Waals surface area (Å²) in [6.45, 7) is 2.47. The van der Waals surface area contributed by atoms with Gasteiger partial charge in [-0.15, -0.1) is 0 Å². The summed E-state index contributed by atoms with van der Waals surface area (Å²) >= 11 is 0. The highest BCUT2D eigenvalue weighted by molar-refractivity contribution is 7.47. The van der Waals surface area contributed by atoms with Gasteiger partial charge in [0.05, 0.1) is 12.7 Å². The number of hydrogen-bond acceptors (Lipinski definition) is 14. The van der Waals surface area contributed by atoms with Crippen LogP contribution in [0.25, 0.3) is 0 Å². The second-order valence-electron chi connectivity index (χ2n) is 16.4. The summed E-state index contributed by atoms with van der Waals surface area (Å²) in [4.78, 5) is 54.3. The summed E-state index contributed by atoms with van der Waals surface area (Å²) < 4.78 is 49.3. The third kappa shape index (κ3) is 33.4. The highest BCUT2D eigenvalue weighted by atomic mass is 31.2. The smallest absolute Gasteiger partial charge is 0.462 e. The summed E-state index contributed by atoms with van der Waals surface area (Å²) in [5.41, 5.74) is 0. The molecule has 1 fully saturated rings. The predicted octanol–water partition coefficient (Wildman–Crippen LogP) is 8.14. The van der Waals surface area contributed by atoms with Crippen LogP contribution in [-0.2, 0) is 41.8 Å². The zero-order valence-electron chi connectivity index (χ0n) is 39.9. The Morgan fingerprint density at radius 1 is 0.529 bits per heavy atom. The Bertz CT molecular complexity index is 1700. The van der Waals surface area contributed by atoms with Crippen molar-refractivity contribution in [3.63, 3.8) is 0 Å². The summed E-state index contributed by atoms with van der Waals surface area (Å²) in [6.07, 6.45) is 32.1. The number of allylic oxidation sites excluding steroid dienone is 16. The molecule has 0 aliphatic heterocycles. The quantitative estimate of drug-likeness (QED) is 0.0125. The van der Waals surface area contributed by atoms with E-state index in [9.17, 15) is 58.9 Å². The summed E-state index contributed by atoms with van der Waals surface area (Å²) in [7, 11) is -10.7. The van der Waals surface area contributed by atoms with Crippen LogP contribution < -0.4 is 0 Å². The molecule has 1 saturated carbocycles. The van der Waals surface area contributed by atoms with Gasteiger partial charge in [-0.05, 0) is 103 Å². The Labute approximate surface area is 403 Å². The number of phosphoric ester groups is 2. The van der Waals surface area contributed by atoms with Crippen molar-refractivity contribution < 1.29 is 82.0 Å². The molecule has 68 heavy (non-hydrogen) atoms. The maximum absolute atomic E-state index is 13.0. The largest absolute Gasteiger partial charge is 0.472 e. The van der Waals surface area contributed by atoms with Crippen molar-refractivity contribution in [1.29, 1.82) is 0 Å². The molecule has 0 aromatic carbocycles. The maximum Gasteiger partial charge on any atom is 0.472 e. The molecule has 17 nitrogen and oxygen atoms in total. The number of esters is 2. The van der Waals surface area contributed by atoms with Crippen LogP contribution in [0.1, 0.15) is 136 Å². The SMILES string of the molecule is CC/C=C\C/C=C\C/C=C\C/C=C\CCCCCCC(=O)OC[C@H](COP(=O)(O)O[C@H]1C(O)C(O)C(O)[C@@H](OP(=O)(O)O)C1O)OC(=O)CCC/C=C\C/C=C\C/C=C\C/C=C\CCC[C@H](C)O. The van der Waals surface area contributed by atoms with E-state index in [1.54, 1.807) is 6.92 Å². The first-order chi connectivity index (χ1) is 32.5. The van der Waals surface area contributed by atoms with E-state index in [1.165, 1.54) is 0 Å². The van der Waals surface area contributed by atoms with Crippen molar-refractivity contribution in [2.45, 2.75) is 185 Å². The van der Waals surface area contributed by atoms with Crippen LogP contribution in [0.4, 0.5) is 0 Å². The third-order valence-electron chi connectivity index (χ3n) is 10.2. The monoisotopic (exact) mass is 1000 g/mol. The van der Waals surface area contributed by atoms with Gasteiger partial charge in [-0.25, -0.2) is 9.13 Å². The first-order valence-corrected chi connectivity index (χ1v) is 26.8. The Kier molecular flexibility index (Phi) is 35.7. The highest BCUT2D eigenvalue weighted by Crippen LogP contribution is 2.49. The van der Waals surface area contributed by atoms with Crippen molar-refractivity contribution in [3.8, 4) is 0 Å². The van der Waals surface area contributed by atoms with Gasteiger partial charge in [-0.1, -0.05) is 117 Å². The van der Waals surface area contributed by atoms with Crippen molar-refractivity contribution in [2.75, 3.05) is 13.2 Å². The number of carbonyl (C=O) groups is 2. The molecule has 0 aromatic rings. The lowest BCUT2D eigenvalue weighted by Gasteiger charge is -2.43. The second kappa shape index (κ2) is 38.6. The molecule has 9 atom stereocenters. The fourth-order valence-corrected chi connectivity index (χ4v) is 8.04. The zero-order valence-corrected chi connectivity index (χ0v) is 41.6. The Morgan fingerprint density at radius 2 is 0.971 bits per heavy atom. The molecule has 5 unspecified atom stereocenters. The topological polar surface area (TPSA) is 276 Å². The van der Waals surface area contributed by atoms with Crippen molar-refractivity contribution in [3.05, 3.63) is 97.2 Å². The summed E-state index contributed by atoms with van der Waals surface area (Å²) in [5.74, 6) is -1.33. The van der Waals surface area contributed by atoms with Gasteiger partial charge in [0.25, 0.3) is 0 Å². The molecule has 1 aliphatic carbocycles. The number of phosphoric acid groups is 2. The number of hydrogen-bond donors (Lipinski definition) is 8. The molecule has 19 heteroatoms. The van der Waals surface area contributed by atoms with Crippen LogP contribution in [0.15, 0.2) is 97.2 Å². The van der Waals surface area contributed by atoms with Crippen LogP contribution >= 0.6 is 15.6 Å². The predicted molar refractivity (Wildman–Crippen MR) is 261 cm³/mol. The number of unbranched alkanes of at least 4 members (excludes halogenated alkanes) is 6. The average Bonchev–Trinajstić information content (AvgIpc) is 3.28. The van der Waals surface area contributed by atoms with Gasteiger partial charge in [0.1, 0.15) is 43.2 Å². The molecule has 0 radical (unpaired) electrons. The molecule has 8 N–H and O–H groups in total. The minimum absolute atomic E-state index is 0.0553. The van der Waals surface area contributed by atoms with Crippen LogP contribution in [0.5, 0.6) is 0 Å². The van der Waals surface area contributed by atoms with E-state index >= 15 is 0 Å². The molecule has 0 bridgehead atoms. The summed E-state index contributed by atoms with van der Waals surface area (Å²) in [5, 5.41) is 50.5. The molecule has 1 rings (SSSR count). The molecular formula is C49H80O17P2. The van der Waals surface area contributed by atoms with Gasteiger partial charge in [-0.2, -0.15) is 0 Å². The zero-order chi connectivity index (χ0) is 50.5. The number of ether oxygens (including phenoxy) is 2. The van der Waals surface area contributed by atoms with Crippen LogP contribution in [-0.4, -0.2) is 114 Å². The first kappa shape index (κ1) is 62.9. The first-order valence-electron chi connectivity index (χ1n) is 23.8. The van der Waals surface area contributed by atoms with Gasteiger partial charge in [0.2, 0.25) is 0 Å². The number of aliphatic hydroxyl groups excluding tert-OH is 5. The fourth-order valence-electron chi connectivity index (χ4n) is 6.50. The molecule has 0 heterocycles. The standard InChI is InChI=1S/C49H80O17P2/c1-3-4-5-6-7-8-9-10-11-12-15-18-21-24-27-30-33-36-42(51)62-38-41(39-63-68(60,61)66-49-46(55)44(53)45(54)48(47(49)56)65-67(57,58)59)64-43(52)37-34-31-28-25-22-19-16-13-14-17-20-23-26-29-32-35-40(2)50/h4-5,7-8,10-11,14-19,23,25-26,28,40-41,44-50,53-56H,3,6,9,12-13,20-22,24,27,29-39H2,1-2H3,(H,60,61)(H2,57,58,59)/b5-4-,8-7-,11-10-,17-14-,18-15-,19-16-,26-23-,28-25-/t40-,41+,44?,45?,46?,47?,48+,49-/m0/s1. The van der Waals surface area contributed by atoms with Gasteiger partial charge in [-0.3, -0.25) is 23.2 Å². The average molecular weight is 1000 g/mol. The lowest BCUT2D eigenvalue weighted by atomic mass is 9.85. The van der Waals surface area contributed by atoms with Gasteiger partial charge < -0.3 is 49.7 Å². The molecule has 0 saturated heterocycles. The van der Waals surface area contributed by atoms with Gasteiger partial charge >= 0.3 is 27.6 Å². The fraction of sp³-hybridized carbons (Fsp3) is 0.633. The van der Waals surface area contributed by atoms with E-state index in [0.29, 0.717) is 25.7 Å². The van der Waals surface area contributed by atoms with E-state index in [-0.39, 0.29) is 18.9 Å². The summed E-state index contributed by atoms with van der Waals surface area (Å²) in [6, 6.07) is 0. The molecule has 388 valence electrons. The van der Waals surface area contributed by atoms with Crippen LogP contribution in [0, 0.1) is 0 Å². The van der Waals surface area contributed by atoms with Gasteiger partial charge in [0.15, 0.2) is 6.10 Å². The van der Waals surface area contributed by atoms with Crippen LogP contribution in [0.3, 0.4) is 0 Å². The lowest BCUT2D eigenvalue weighted by Crippen LogP contribution is -2.64. The lowest BCUT2D eigenvalue weighted by molar-refractivity contribution is -0.216. The highest BCUT2D eigenvalue weighted by Gasteiger charge is 2.54. The van der Waals surface area contributed by atoms with E-state index in [4.69, 9.17) is 18.5 Å². The van der Waals surface area contributed by atoms with Crippen molar-refractivity contribution in [1.82, 2.24) is 0 Å². The van der Waals surface area contributed by atoms with E-state index < -0.39 is 83.5 Å². The minimum Gasteiger partial charge on any atom is -0.462 e. The Balaban J connectivity index is 2.65. The van der Waals surface area contributed by atoms with Gasteiger partial charge in [0, 0.05) is 12.8 Å². The molecule has 1 aliphatic rings. The Hall–Kier alpha value is -3.12. The van der Waals surface area contributed by atoms with Crippen LogP contribution in [0.2, 0.25) is 0 Å². The molecule has 0 spiro atoms. The van der Waals surface area contributed by atoms with Crippen molar-refractivity contribution >= 4 is 27.6 Å². The third-order valence-corrected chi connectivity index (χ3v) is 11.7. The minimum atomic E-state index is -5.38. The van der Waals surface area contributed by atoms with E-state index in [0.717, 1.165) is 83.5 Å². The number of aliphatic hydroxyl groups is 5. The maximum atomic E-state index is 13.0. The normalized spacial score (nSPS) is 22.6. The number of rotatable bonds is 38. The van der Waals surface area contributed by atoms with E-state index in [2.05, 4.69) is 90.4 Å². The second-order valence-corrected chi connectivity index (χ2v) is 19.0. The molecular weight excluding hydrogens is 922 g/mol. The Morgan fingerprint density at radius 3 is 1.47 bits per heavy atom. The molecule has 0 amide bonds. The van der Waals surface area contributed by atoms with E-state index in [1.807, 2.05) is 18.2 Å². The molecule has 0 aromatic heterocycles. The number of carbonyl (C=O) groups excluding carboxylic acids is 2. The van der Waals surface area contributed by atoms with Crippen molar-refractivity contribution in [2.24, 2.45) is 0 Å².